The molecule has 0 atom stereocenters. The zero-order valence-corrected chi connectivity index (χ0v) is 22.5. The van der Waals surface area contributed by atoms with Crippen molar-refractivity contribution in [3.8, 4) is 5.75 Å². The first kappa shape index (κ1) is 27.7. The summed E-state index contributed by atoms with van der Waals surface area (Å²) >= 11 is 0. The van der Waals surface area contributed by atoms with Gasteiger partial charge in [-0.3, -0.25) is 9.69 Å². The molecule has 1 amide bonds. The number of aromatic hydroxyl groups is 1. The van der Waals surface area contributed by atoms with E-state index in [9.17, 15) is 19.8 Å². The van der Waals surface area contributed by atoms with Crippen LogP contribution in [0, 0.1) is 5.92 Å². The van der Waals surface area contributed by atoms with Crippen molar-refractivity contribution >= 4 is 17.6 Å². The molecule has 0 saturated heterocycles. The van der Waals surface area contributed by atoms with Gasteiger partial charge in [-0.25, -0.2) is 4.79 Å². The molecule has 2 aromatic carbocycles. The van der Waals surface area contributed by atoms with E-state index in [2.05, 4.69) is 25.7 Å². The molecule has 2 aromatic rings. The number of nitrogens with zero attached hydrogens (tertiary/aromatic N) is 2. The van der Waals surface area contributed by atoms with Crippen molar-refractivity contribution in [1.29, 1.82) is 0 Å². The summed E-state index contributed by atoms with van der Waals surface area (Å²) in [5, 5.41) is 20.8. The molecule has 6 nitrogen and oxygen atoms in total. The summed E-state index contributed by atoms with van der Waals surface area (Å²) in [7, 11) is 0. The third-order valence-corrected chi connectivity index (χ3v) is 6.95. The summed E-state index contributed by atoms with van der Waals surface area (Å²) in [5.74, 6) is -0.753. The summed E-state index contributed by atoms with van der Waals surface area (Å²) in [5.41, 5.74) is 3.43. The molecule has 0 saturated carbocycles. The molecule has 0 aromatic heterocycles. The molecule has 36 heavy (non-hydrogen) atoms. The number of anilines is 1. The largest absolute Gasteiger partial charge is 0.507 e. The van der Waals surface area contributed by atoms with Crippen molar-refractivity contribution in [2.45, 2.75) is 85.2 Å². The van der Waals surface area contributed by atoms with E-state index in [1.807, 2.05) is 36.9 Å². The fourth-order valence-corrected chi connectivity index (χ4v) is 4.93. The van der Waals surface area contributed by atoms with Crippen LogP contribution in [0.3, 0.4) is 0 Å². The average Bonchev–Trinajstić information content (AvgIpc) is 2.80. The first-order chi connectivity index (χ1) is 17.0. The van der Waals surface area contributed by atoms with Crippen molar-refractivity contribution in [1.82, 2.24) is 4.90 Å². The van der Waals surface area contributed by atoms with Gasteiger partial charge in [0.05, 0.1) is 5.56 Å². The Hall–Kier alpha value is -2.86. The van der Waals surface area contributed by atoms with Gasteiger partial charge in [0, 0.05) is 36.8 Å². The maximum absolute atomic E-state index is 13.2. The zero-order chi connectivity index (χ0) is 26.5. The van der Waals surface area contributed by atoms with Crippen molar-refractivity contribution in [3.63, 3.8) is 0 Å². The van der Waals surface area contributed by atoms with Crippen LogP contribution in [0.5, 0.6) is 5.75 Å². The molecule has 0 bridgehead atoms. The molecule has 1 aliphatic rings. The minimum atomic E-state index is -0.979. The lowest BCUT2D eigenvalue weighted by molar-refractivity contribution is -0.121. The number of benzene rings is 2. The number of fused-ring (bicyclic) bond motifs is 1. The quantitative estimate of drug-likeness (QED) is 0.518. The van der Waals surface area contributed by atoms with Gasteiger partial charge in [0.2, 0.25) is 5.91 Å². The Labute approximate surface area is 215 Å². The lowest BCUT2D eigenvalue weighted by Crippen LogP contribution is -2.37. The standard InChI is InChI=1S/C30H42N2O4/c1-21(2)28(34)32-17-10-8-6-7-9-16-31(20-24-18-22(29(35)36)14-15-26(24)32)19-23-12-11-13-25(27(23)33)30(3,4)5/h11-15,18,21,33H,6-10,16-17,19-20H2,1-5H3,(H,35,36). The number of carboxylic acid groups (broad SMARTS) is 1. The smallest absolute Gasteiger partial charge is 0.335 e. The lowest BCUT2D eigenvalue weighted by atomic mass is 9.85. The molecule has 6 heteroatoms. The number of phenolic OH excluding ortho intramolecular Hbond substituents is 1. The number of rotatable bonds is 4. The van der Waals surface area contributed by atoms with Crippen molar-refractivity contribution in [2.75, 3.05) is 18.0 Å². The number of amides is 1. The van der Waals surface area contributed by atoms with Gasteiger partial charge in [0.1, 0.15) is 5.75 Å². The molecule has 1 heterocycles. The second-order valence-electron chi connectivity index (χ2n) is 11.3. The second-order valence-corrected chi connectivity index (χ2v) is 11.3. The van der Waals surface area contributed by atoms with Gasteiger partial charge in [-0.1, -0.05) is 72.1 Å². The van der Waals surface area contributed by atoms with Gasteiger partial charge in [-0.15, -0.1) is 0 Å². The predicted octanol–water partition coefficient (Wildman–Crippen LogP) is 6.34. The summed E-state index contributed by atoms with van der Waals surface area (Å²) < 4.78 is 0. The predicted molar refractivity (Wildman–Crippen MR) is 145 cm³/mol. The molecule has 1 aliphatic heterocycles. The Morgan fingerprint density at radius 1 is 0.972 bits per heavy atom. The van der Waals surface area contributed by atoms with Crippen LogP contribution in [0.2, 0.25) is 0 Å². The average molecular weight is 495 g/mol. The Morgan fingerprint density at radius 3 is 2.28 bits per heavy atom. The van der Waals surface area contributed by atoms with Crippen LogP contribution < -0.4 is 4.90 Å². The van der Waals surface area contributed by atoms with Gasteiger partial charge < -0.3 is 15.1 Å². The highest BCUT2D eigenvalue weighted by Gasteiger charge is 2.25. The van der Waals surface area contributed by atoms with Crippen LogP contribution in [0.1, 0.15) is 93.8 Å². The minimum Gasteiger partial charge on any atom is -0.507 e. The highest BCUT2D eigenvalue weighted by molar-refractivity contribution is 5.96. The minimum absolute atomic E-state index is 0.0541. The van der Waals surface area contributed by atoms with Crippen LogP contribution >= 0.6 is 0 Å². The summed E-state index contributed by atoms with van der Waals surface area (Å²) in [6.45, 7) is 12.6. The fourth-order valence-electron chi connectivity index (χ4n) is 4.93. The van der Waals surface area contributed by atoms with E-state index in [0.29, 0.717) is 25.4 Å². The van der Waals surface area contributed by atoms with E-state index in [4.69, 9.17) is 0 Å². The van der Waals surface area contributed by atoms with Crippen molar-refractivity contribution in [2.24, 2.45) is 5.92 Å². The van der Waals surface area contributed by atoms with E-state index in [1.165, 1.54) is 0 Å². The molecule has 2 N–H and O–H groups in total. The normalized spacial score (nSPS) is 16.2. The van der Waals surface area contributed by atoms with E-state index < -0.39 is 5.97 Å². The second kappa shape index (κ2) is 11.9. The number of carboxylic acids is 1. The maximum Gasteiger partial charge on any atom is 0.335 e. The monoisotopic (exact) mass is 494 g/mol. The highest BCUT2D eigenvalue weighted by atomic mass is 16.4. The Balaban J connectivity index is 2.04. The van der Waals surface area contributed by atoms with Crippen LogP contribution in [-0.2, 0) is 23.3 Å². The van der Waals surface area contributed by atoms with Crippen LogP contribution in [0.25, 0.3) is 0 Å². The topological polar surface area (TPSA) is 81.1 Å². The maximum atomic E-state index is 13.2. The molecular formula is C30H42N2O4. The molecule has 0 unspecified atom stereocenters. The number of carbonyl (C=O) groups is 2. The zero-order valence-electron chi connectivity index (χ0n) is 22.5. The van der Waals surface area contributed by atoms with Crippen LogP contribution in [-0.4, -0.2) is 40.1 Å². The SMILES string of the molecule is CC(C)C(=O)N1CCCCCCCN(Cc2cccc(C(C)(C)C)c2O)Cc2cc(C(=O)O)ccc21. The molecular weight excluding hydrogens is 452 g/mol. The lowest BCUT2D eigenvalue weighted by Gasteiger charge is -2.31. The number of para-hydroxylation sites is 1. The van der Waals surface area contributed by atoms with E-state index in [1.54, 1.807) is 18.2 Å². The molecule has 0 spiro atoms. The van der Waals surface area contributed by atoms with E-state index in [0.717, 1.165) is 61.0 Å². The van der Waals surface area contributed by atoms with Crippen LogP contribution in [0.4, 0.5) is 5.69 Å². The third-order valence-electron chi connectivity index (χ3n) is 6.95. The molecule has 0 fully saturated rings. The fraction of sp³-hybridized carbons (Fsp3) is 0.533. The third kappa shape index (κ3) is 6.88. The number of carbonyl (C=O) groups excluding carboxylic acids is 1. The molecule has 0 radical (unpaired) electrons. The van der Waals surface area contributed by atoms with Gasteiger partial charge in [0.25, 0.3) is 0 Å². The number of aromatic carboxylic acids is 1. The Bertz CT molecular complexity index is 1070. The van der Waals surface area contributed by atoms with Gasteiger partial charge >= 0.3 is 5.97 Å². The molecule has 0 aliphatic carbocycles. The number of phenols is 1. The first-order valence-electron chi connectivity index (χ1n) is 13.2. The molecule has 3 rings (SSSR count). The summed E-state index contributed by atoms with van der Waals surface area (Å²) in [6.07, 6.45) is 5.23. The number of hydrogen-bond acceptors (Lipinski definition) is 4. The Morgan fingerprint density at radius 2 is 1.64 bits per heavy atom. The van der Waals surface area contributed by atoms with Gasteiger partial charge in [-0.2, -0.15) is 0 Å². The van der Waals surface area contributed by atoms with Gasteiger partial charge in [-0.05, 0) is 54.1 Å². The first-order valence-corrected chi connectivity index (χ1v) is 13.2. The number of hydrogen-bond donors (Lipinski definition) is 2. The summed E-state index contributed by atoms with van der Waals surface area (Å²) in [4.78, 5) is 29.1. The van der Waals surface area contributed by atoms with E-state index in [-0.39, 0.29) is 22.8 Å². The van der Waals surface area contributed by atoms with Crippen molar-refractivity contribution < 1.29 is 19.8 Å². The summed E-state index contributed by atoms with van der Waals surface area (Å²) in [6, 6.07) is 11.0. The van der Waals surface area contributed by atoms with Crippen LogP contribution in [0.15, 0.2) is 36.4 Å². The molecule has 196 valence electrons. The van der Waals surface area contributed by atoms with Crippen molar-refractivity contribution in [3.05, 3.63) is 58.7 Å². The van der Waals surface area contributed by atoms with Gasteiger partial charge in [0.15, 0.2) is 0 Å². The Kier molecular flexibility index (Phi) is 9.18. The highest BCUT2D eigenvalue weighted by Crippen LogP contribution is 2.34. The van der Waals surface area contributed by atoms with E-state index >= 15 is 0 Å².